The highest BCUT2D eigenvalue weighted by Gasteiger charge is 2.57. The molecule has 4 fully saturated rings. The van der Waals surface area contributed by atoms with Crippen LogP contribution in [0.3, 0.4) is 0 Å². The molecule has 5 heteroatoms. The highest BCUT2D eigenvalue weighted by molar-refractivity contribution is 7.93. The molecule has 132 valence electrons. The van der Waals surface area contributed by atoms with Crippen LogP contribution in [-0.4, -0.2) is 24.4 Å². The van der Waals surface area contributed by atoms with E-state index in [1.54, 1.807) is 13.8 Å². The minimum Gasteiger partial charge on any atom is -0.390 e. The van der Waals surface area contributed by atoms with Gasteiger partial charge in [0.25, 0.3) is 0 Å². The summed E-state index contributed by atoms with van der Waals surface area (Å²) in [6.45, 7) is 3.35. The van der Waals surface area contributed by atoms with Crippen molar-refractivity contribution >= 4 is 15.7 Å². The molecule has 4 aliphatic rings. The summed E-state index contributed by atoms with van der Waals surface area (Å²) in [5.41, 5.74) is 1.51. The Morgan fingerprint density at radius 2 is 1.67 bits per heavy atom. The van der Waals surface area contributed by atoms with Gasteiger partial charge in [-0.1, -0.05) is 12.1 Å². The number of sulfonamides is 1. The number of nitrogens with one attached hydrogen (secondary N) is 1. The Hall–Kier alpha value is -1.07. The number of rotatable bonds is 4. The first-order valence-electron chi connectivity index (χ1n) is 9.04. The molecule has 0 spiro atoms. The molecular weight excluding hydrogens is 322 g/mol. The van der Waals surface area contributed by atoms with Gasteiger partial charge in [-0.3, -0.25) is 4.72 Å². The van der Waals surface area contributed by atoms with Crippen LogP contribution in [0.2, 0.25) is 0 Å². The lowest BCUT2D eigenvalue weighted by molar-refractivity contribution is -0.136. The number of benzene rings is 1. The van der Waals surface area contributed by atoms with Crippen LogP contribution >= 0.6 is 0 Å². The lowest BCUT2D eigenvalue weighted by Crippen LogP contribution is -2.57. The van der Waals surface area contributed by atoms with Crippen molar-refractivity contribution < 1.29 is 13.5 Å². The molecule has 5 rings (SSSR count). The van der Waals surface area contributed by atoms with Crippen molar-refractivity contribution in [2.75, 3.05) is 4.72 Å². The van der Waals surface area contributed by atoms with E-state index in [0.29, 0.717) is 17.5 Å². The van der Waals surface area contributed by atoms with Gasteiger partial charge in [0.1, 0.15) is 0 Å². The molecule has 0 amide bonds. The van der Waals surface area contributed by atoms with Crippen LogP contribution in [0.25, 0.3) is 0 Å². The van der Waals surface area contributed by atoms with Crippen LogP contribution in [0.1, 0.15) is 57.9 Å². The fraction of sp³-hybridized carbons (Fsp3) is 0.684. The van der Waals surface area contributed by atoms with Crippen LogP contribution in [0.4, 0.5) is 5.69 Å². The summed E-state index contributed by atoms with van der Waals surface area (Å²) in [6, 6.07) is 7.87. The van der Waals surface area contributed by atoms with Gasteiger partial charge >= 0.3 is 0 Å². The first-order chi connectivity index (χ1) is 11.2. The summed E-state index contributed by atoms with van der Waals surface area (Å²) in [5.74, 6) is 1.30. The van der Waals surface area contributed by atoms with Gasteiger partial charge in [0.05, 0.1) is 10.9 Å². The smallest absolute Gasteiger partial charge is 0.235 e. The first kappa shape index (κ1) is 16.4. The standard InChI is InChI=1S/C19H27NO3S/c1-13(2)24(22,23)20-17-5-3-16(4-6-17)18-8-14-7-15(9-18)11-19(21,10-14)12-18/h3-6,13-15,20-21H,7-12H2,1-2H3. The van der Waals surface area contributed by atoms with Gasteiger partial charge in [0.15, 0.2) is 0 Å². The van der Waals surface area contributed by atoms with E-state index in [0.717, 1.165) is 19.3 Å². The van der Waals surface area contributed by atoms with E-state index in [9.17, 15) is 13.5 Å². The van der Waals surface area contributed by atoms with E-state index in [1.165, 1.54) is 24.8 Å². The monoisotopic (exact) mass is 349 g/mol. The Morgan fingerprint density at radius 1 is 1.08 bits per heavy atom. The predicted molar refractivity (Wildman–Crippen MR) is 95.4 cm³/mol. The Bertz CT molecular complexity index is 724. The van der Waals surface area contributed by atoms with Crippen molar-refractivity contribution in [3.63, 3.8) is 0 Å². The maximum atomic E-state index is 12.0. The zero-order valence-corrected chi connectivity index (χ0v) is 15.3. The zero-order chi connectivity index (χ0) is 17.2. The third-order valence-corrected chi connectivity index (χ3v) is 8.17. The molecule has 1 aromatic rings. The van der Waals surface area contributed by atoms with Gasteiger partial charge in [0.2, 0.25) is 10.0 Å². The summed E-state index contributed by atoms with van der Waals surface area (Å²) in [6.07, 6.45) is 6.42. The Kier molecular flexibility index (Phi) is 3.56. The van der Waals surface area contributed by atoms with Crippen molar-refractivity contribution in [3.05, 3.63) is 29.8 Å². The Labute approximate surface area is 144 Å². The van der Waals surface area contributed by atoms with E-state index in [2.05, 4.69) is 16.9 Å². The minimum absolute atomic E-state index is 0.0916. The lowest BCUT2D eigenvalue weighted by Gasteiger charge is -2.60. The van der Waals surface area contributed by atoms with Crippen LogP contribution in [-0.2, 0) is 15.4 Å². The molecule has 2 N–H and O–H groups in total. The third kappa shape index (κ3) is 2.66. The molecule has 2 atom stereocenters. The van der Waals surface area contributed by atoms with Crippen LogP contribution in [0.15, 0.2) is 24.3 Å². The number of hydrogen-bond donors (Lipinski definition) is 2. The van der Waals surface area contributed by atoms with Gasteiger partial charge in [0, 0.05) is 5.69 Å². The van der Waals surface area contributed by atoms with E-state index in [1.807, 2.05) is 12.1 Å². The maximum absolute atomic E-state index is 12.0. The fourth-order valence-electron chi connectivity index (χ4n) is 5.73. The molecule has 0 aromatic heterocycles. The van der Waals surface area contributed by atoms with Gasteiger partial charge in [-0.2, -0.15) is 0 Å². The highest BCUT2D eigenvalue weighted by atomic mass is 32.2. The highest BCUT2D eigenvalue weighted by Crippen LogP contribution is 2.62. The fourth-order valence-corrected chi connectivity index (χ4v) is 6.43. The Balaban J connectivity index is 1.60. The molecule has 2 unspecified atom stereocenters. The topological polar surface area (TPSA) is 66.4 Å². The second kappa shape index (κ2) is 5.21. The van der Waals surface area contributed by atoms with Crippen LogP contribution in [0.5, 0.6) is 0 Å². The van der Waals surface area contributed by atoms with Crippen LogP contribution < -0.4 is 4.72 Å². The van der Waals surface area contributed by atoms with Crippen molar-refractivity contribution in [3.8, 4) is 0 Å². The zero-order valence-electron chi connectivity index (χ0n) is 14.5. The van der Waals surface area contributed by atoms with Gasteiger partial charge in [-0.15, -0.1) is 0 Å². The summed E-state index contributed by atoms with van der Waals surface area (Å²) < 4.78 is 26.7. The van der Waals surface area contributed by atoms with Crippen LogP contribution in [0, 0.1) is 11.8 Å². The van der Waals surface area contributed by atoms with E-state index in [-0.39, 0.29) is 5.41 Å². The number of anilines is 1. The van der Waals surface area contributed by atoms with E-state index < -0.39 is 20.9 Å². The normalized spacial score (nSPS) is 37.8. The maximum Gasteiger partial charge on any atom is 0.235 e. The van der Waals surface area contributed by atoms with E-state index in [4.69, 9.17) is 0 Å². The third-order valence-electron chi connectivity index (χ3n) is 6.41. The van der Waals surface area contributed by atoms with Crippen molar-refractivity contribution in [2.45, 2.75) is 68.6 Å². The molecule has 0 heterocycles. The summed E-state index contributed by atoms with van der Waals surface area (Å²) in [5, 5.41) is 10.5. The Morgan fingerprint density at radius 3 is 2.17 bits per heavy atom. The molecule has 4 saturated carbocycles. The molecule has 0 aliphatic heterocycles. The van der Waals surface area contributed by atoms with E-state index >= 15 is 0 Å². The molecule has 4 nitrogen and oxygen atoms in total. The lowest BCUT2D eigenvalue weighted by atomic mass is 9.46. The predicted octanol–water partition coefficient (Wildman–Crippen LogP) is 3.42. The van der Waals surface area contributed by atoms with Gasteiger partial charge in [-0.05, 0) is 87.3 Å². The van der Waals surface area contributed by atoms with Gasteiger partial charge in [-0.25, -0.2) is 8.42 Å². The second-order valence-electron chi connectivity index (χ2n) is 8.74. The molecule has 24 heavy (non-hydrogen) atoms. The second-order valence-corrected chi connectivity index (χ2v) is 11.0. The largest absolute Gasteiger partial charge is 0.390 e. The average Bonchev–Trinajstić information content (AvgIpc) is 2.44. The quantitative estimate of drug-likeness (QED) is 0.875. The molecule has 0 radical (unpaired) electrons. The molecular formula is C19H27NO3S. The summed E-state index contributed by atoms with van der Waals surface area (Å²) in [4.78, 5) is 0. The van der Waals surface area contributed by atoms with Crippen molar-refractivity contribution in [1.82, 2.24) is 0 Å². The van der Waals surface area contributed by atoms with Crippen molar-refractivity contribution in [2.24, 2.45) is 11.8 Å². The molecule has 4 bridgehead atoms. The SMILES string of the molecule is CC(C)S(=O)(=O)Nc1ccc(C23CC4CC(CC(O)(C4)C2)C3)cc1. The molecule has 1 aromatic carbocycles. The minimum atomic E-state index is -3.31. The summed E-state index contributed by atoms with van der Waals surface area (Å²) >= 11 is 0. The first-order valence-corrected chi connectivity index (χ1v) is 10.6. The molecule has 0 saturated heterocycles. The number of aliphatic hydroxyl groups is 1. The average molecular weight is 349 g/mol. The molecule has 4 aliphatic carbocycles. The van der Waals surface area contributed by atoms with Gasteiger partial charge < -0.3 is 5.11 Å². The summed E-state index contributed by atoms with van der Waals surface area (Å²) in [7, 11) is -3.31. The number of hydrogen-bond acceptors (Lipinski definition) is 3. The van der Waals surface area contributed by atoms with Crippen molar-refractivity contribution in [1.29, 1.82) is 0 Å².